The second-order valence-corrected chi connectivity index (χ2v) is 6.98. The molecule has 0 aliphatic rings. The van der Waals surface area contributed by atoms with Crippen molar-refractivity contribution in [1.29, 1.82) is 0 Å². The largest absolute Gasteiger partial charge is 0.332 e. The van der Waals surface area contributed by atoms with Crippen molar-refractivity contribution in [2.24, 2.45) is 0 Å². The molecule has 0 spiro atoms. The Kier molecular flexibility index (Phi) is 4.30. The van der Waals surface area contributed by atoms with Gasteiger partial charge in [0.2, 0.25) is 0 Å². The molecule has 0 N–H and O–H groups in total. The lowest BCUT2D eigenvalue weighted by atomic mass is 10.3. The Morgan fingerprint density at radius 2 is 1.96 bits per heavy atom. The van der Waals surface area contributed by atoms with Crippen LogP contribution in [0.25, 0.3) is 10.8 Å². The molecule has 132 valence electrons. The molecular formula is C19H19N5OS. The zero-order valence-corrected chi connectivity index (χ0v) is 15.5. The summed E-state index contributed by atoms with van der Waals surface area (Å²) in [4.78, 5) is 24.6. The van der Waals surface area contributed by atoms with E-state index >= 15 is 0 Å². The van der Waals surface area contributed by atoms with Gasteiger partial charge in [-0.1, -0.05) is 17.4 Å². The van der Waals surface area contributed by atoms with Crippen LogP contribution in [-0.4, -0.2) is 36.3 Å². The highest BCUT2D eigenvalue weighted by Crippen LogP contribution is 2.24. The van der Waals surface area contributed by atoms with Crippen molar-refractivity contribution < 1.29 is 4.79 Å². The number of hydrogen-bond acceptors (Lipinski definition) is 4. The minimum Gasteiger partial charge on any atom is -0.332 e. The van der Waals surface area contributed by atoms with Crippen LogP contribution in [0.3, 0.4) is 0 Å². The Hall–Kier alpha value is -2.93. The molecule has 0 aliphatic heterocycles. The molecule has 26 heavy (non-hydrogen) atoms. The molecule has 0 atom stereocenters. The molecule has 4 heterocycles. The molecule has 0 radical (unpaired) electrons. The smallest absolute Gasteiger partial charge is 0.266 e. The number of nitrogens with zero attached hydrogens (tertiary/aromatic N) is 5. The van der Waals surface area contributed by atoms with Crippen LogP contribution >= 0.6 is 11.3 Å². The zero-order chi connectivity index (χ0) is 18.1. The van der Waals surface area contributed by atoms with Crippen molar-refractivity contribution >= 4 is 22.9 Å². The lowest BCUT2D eigenvalue weighted by Gasteiger charge is -2.20. The summed E-state index contributed by atoms with van der Waals surface area (Å²) >= 11 is 1.42. The Morgan fingerprint density at radius 3 is 2.73 bits per heavy atom. The van der Waals surface area contributed by atoms with Gasteiger partial charge in [-0.05, 0) is 38.1 Å². The number of imidazole rings is 1. The summed E-state index contributed by atoms with van der Waals surface area (Å²) in [6.45, 7) is 5.01. The van der Waals surface area contributed by atoms with Gasteiger partial charge >= 0.3 is 0 Å². The van der Waals surface area contributed by atoms with Crippen LogP contribution in [0.1, 0.15) is 28.0 Å². The summed E-state index contributed by atoms with van der Waals surface area (Å²) in [5, 5.41) is 0.807. The lowest BCUT2D eigenvalue weighted by Crippen LogP contribution is -2.30. The maximum Gasteiger partial charge on any atom is 0.266 e. The number of thiazole rings is 1. The average molecular weight is 365 g/mol. The Labute approximate surface area is 155 Å². The van der Waals surface area contributed by atoms with Crippen molar-refractivity contribution in [2.75, 3.05) is 6.54 Å². The fourth-order valence-electron chi connectivity index (χ4n) is 2.92. The summed E-state index contributed by atoms with van der Waals surface area (Å²) in [7, 11) is 0. The number of carbonyl (C=O) groups is 1. The fraction of sp³-hybridized carbons (Fsp3) is 0.211. The van der Waals surface area contributed by atoms with Crippen LogP contribution < -0.4 is 0 Å². The third-order valence-corrected chi connectivity index (χ3v) is 5.48. The van der Waals surface area contributed by atoms with Gasteiger partial charge in [0.15, 0.2) is 5.13 Å². The van der Waals surface area contributed by atoms with Crippen molar-refractivity contribution in [1.82, 2.24) is 23.8 Å². The van der Waals surface area contributed by atoms with E-state index in [0.29, 0.717) is 18.0 Å². The highest BCUT2D eigenvalue weighted by molar-refractivity contribution is 7.16. The van der Waals surface area contributed by atoms with Gasteiger partial charge in [0.25, 0.3) is 5.91 Å². The van der Waals surface area contributed by atoms with Crippen LogP contribution in [0, 0.1) is 6.92 Å². The summed E-state index contributed by atoms with van der Waals surface area (Å²) in [6.07, 6.45) is 7.67. The van der Waals surface area contributed by atoms with E-state index in [2.05, 4.69) is 9.97 Å². The molecule has 4 rings (SSSR count). The van der Waals surface area contributed by atoms with Gasteiger partial charge in [-0.25, -0.2) is 9.97 Å². The molecule has 7 heteroatoms. The minimum atomic E-state index is 0.00628. The number of fused-ring (bicyclic) bond motifs is 1. The summed E-state index contributed by atoms with van der Waals surface area (Å²) < 4.78 is 3.94. The van der Waals surface area contributed by atoms with Crippen molar-refractivity contribution in [3.63, 3.8) is 0 Å². The van der Waals surface area contributed by atoms with E-state index < -0.39 is 0 Å². The number of rotatable bonds is 5. The number of pyridine rings is 1. The molecular weight excluding hydrogens is 346 g/mol. The number of aryl methyl sites for hydroxylation is 1. The minimum absolute atomic E-state index is 0.00628. The number of hydrogen-bond donors (Lipinski definition) is 0. The maximum absolute atomic E-state index is 13.1. The van der Waals surface area contributed by atoms with Crippen molar-refractivity contribution in [3.05, 3.63) is 71.4 Å². The van der Waals surface area contributed by atoms with Crippen molar-refractivity contribution in [3.8, 4) is 5.13 Å². The molecule has 0 aromatic carbocycles. The van der Waals surface area contributed by atoms with E-state index in [1.165, 1.54) is 11.3 Å². The second-order valence-electron chi connectivity index (χ2n) is 6.00. The Bertz CT molecular complexity index is 1050. The first kappa shape index (κ1) is 16.5. The molecule has 0 saturated heterocycles. The van der Waals surface area contributed by atoms with E-state index in [4.69, 9.17) is 0 Å². The summed E-state index contributed by atoms with van der Waals surface area (Å²) in [5.74, 6) is 0.00628. The van der Waals surface area contributed by atoms with Crippen molar-refractivity contribution in [2.45, 2.75) is 20.4 Å². The van der Waals surface area contributed by atoms with Gasteiger partial charge in [0.05, 0.1) is 24.1 Å². The van der Waals surface area contributed by atoms with Gasteiger partial charge in [0.1, 0.15) is 10.5 Å². The first-order valence-electron chi connectivity index (χ1n) is 8.48. The van der Waals surface area contributed by atoms with E-state index in [0.717, 1.165) is 22.2 Å². The van der Waals surface area contributed by atoms with Crippen LogP contribution in [0.5, 0.6) is 0 Å². The molecule has 6 nitrogen and oxygen atoms in total. The highest BCUT2D eigenvalue weighted by Gasteiger charge is 2.22. The molecule has 0 aliphatic carbocycles. The highest BCUT2D eigenvalue weighted by atomic mass is 32.1. The summed E-state index contributed by atoms with van der Waals surface area (Å²) in [5.41, 5.74) is 2.64. The predicted octanol–water partition coefficient (Wildman–Crippen LogP) is 3.55. The fourth-order valence-corrected chi connectivity index (χ4v) is 3.92. The Balaban J connectivity index is 1.62. The topological polar surface area (TPSA) is 55.4 Å². The number of amides is 1. The van der Waals surface area contributed by atoms with Gasteiger partial charge < -0.3 is 13.9 Å². The van der Waals surface area contributed by atoms with E-state index in [1.807, 2.05) is 82.8 Å². The monoisotopic (exact) mass is 365 g/mol. The quantitative estimate of drug-likeness (QED) is 0.543. The molecule has 0 fully saturated rings. The summed E-state index contributed by atoms with van der Waals surface area (Å²) in [6, 6.07) is 9.77. The number of aromatic nitrogens is 4. The van der Waals surface area contributed by atoms with Gasteiger partial charge in [-0.15, -0.1) is 0 Å². The standard InChI is InChI=1S/C19H19N5OS/c1-3-22(13-15-12-20-16-8-4-5-11-24(15)16)18(25)17-14(2)21-19(26-17)23-9-6-7-10-23/h4-12H,3,13H2,1-2H3. The van der Waals surface area contributed by atoms with Crippen LogP contribution in [0.15, 0.2) is 55.1 Å². The normalized spacial score (nSPS) is 11.2. The van der Waals surface area contributed by atoms with E-state index in [1.54, 1.807) is 0 Å². The SMILES string of the molecule is CCN(Cc1cnc2ccccn12)C(=O)c1sc(-n2cccc2)nc1C. The maximum atomic E-state index is 13.1. The molecule has 1 amide bonds. The molecule has 0 saturated carbocycles. The third-order valence-electron chi connectivity index (χ3n) is 4.32. The molecule has 0 unspecified atom stereocenters. The van der Waals surface area contributed by atoms with Crippen LogP contribution in [-0.2, 0) is 6.54 Å². The predicted molar refractivity (Wildman–Crippen MR) is 102 cm³/mol. The van der Waals surface area contributed by atoms with Gasteiger partial charge in [-0.2, -0.15) is 0 Å². The first-order chi connectivity index (χ1) is 12.7. The van der Waals surface area contributed by atoms with Gasteiger partial charge in [0, 0.05) is 25.1 Å². The number of carbonyl (C=O) groups excluding carboxylic acids is 1. The first-order valence-corrected chi connectivity index (χ1v) is 9.30. The molecule has 4 aromatic rings. The van der Waals surface area contributed by atoms with E-state index in [9.17, 15) is 4.79 Å². The zero-order valence-electron chi connectivity index (χ0n) is 14.7. The molecule has 4 aromatic heterocycles. The van der Waals surface area contributed by atoms with E-state index in [-0.39, 0.29) is 5.91 Å². The second kappa shape index (κ2) is 6.76. The average Bonchev–Trinajstić information content (AvgIpc) is 3.39. The third kappa shape index (κ3) is 2.90. The van der Waals surface area contributed by atoms with Crippen LogP contribution in [0.4, 0.5) is 0 Å². The lowest BCUT2D eigenvalue weighted by molar-refractivity contribution is 0.0754. The van der Waals surface area contributed by atoms with Crippen LogP contribution in [0.2, 0.25) is 0 Å². The Morgan fingerprint density at radius 1 is 1.19 bits per heavy atom. The molecule has 0 bridgehead atoms. The van der Waals surface area contributed by atoms with Gasteiger partial charge in [-0.3, -0.25) is 4.79 Å².